The lowest BCUT2D eigenvalue weighted by Crippen LogP contribution is -2.27. The monoisotopic (exact) mass is 426 g/mol. The Balaban J connectivity index is 1.62. The lowest BCUT2D eigenvalue weighted by molar-refractivity contribution is -0.143. The molecule has 0 fully saturated rings. The van der Waals surface area contributed by atoms with E-state index in [1.165, 1.54) is 5.56 Å². The van der Waals surface area contributed by atoms with Crippen molar-refractivity contribution in [1.29, 1.82) is 0 Å². The molecule has 7 heteroatoms. The molecule has 31 heavy (non-hydrogen) atoms. The number of methoxy groups -OCH3 is 1. The Hall–Kier alpha value is -3.19. The topological polar surface area (TPSA) is 93.7 Å². The lowest BCUT2D eigenvalue weighted by atomic mass is 10.1. The fraction of sp³-hybridized carbons (Fsp3) is 0.375. The van der Waals surface area contributed by atoms with Crippen LogP contribution in [0.25, 0.3) is 0 Å². The Morgan fingerprint density at radius 1 is 0.903 bits per heavy atom. The first-order valence-corrected chi connectivity index (χ1v) is 10.4. The third kappa shape index (κ3) is 9.91. The molecule has 0 saturated carbocycles. The zero-order valence-corrected chi connectivity index (χ0v) is 17.9. The minimum atomic E-state index is -0.296. The van der Waals surface area contributed by atoms with E-state index >= 15 is 0 Å². The number of anilines is 1. The number of nitrogens with one attached hydrogen (secondary N) is 2. The van der Waals surface area contributed by atoms with Crippen molar-refractivity contribution in [3.8, 4) is 0 Å². The van der Waals surface area contributed by atoms with Gasteiger partial charge in [-0.2, -0.15) is 0 Å². The van der Waals surface area contributed by atoms with Crippen molar-refractivity contribution in [2.45, 2.75) is 32.1 Å². The Morgan fingerprint density at radius 2 is 1.71 bits per heavy atom. The van der Waals surface area contributed by atoms with Gasteiger partial charge >= 0.3 is 5.97 Å². The molecular weight excluding hydrogens is 396 g/mol. The zero-order valence-electron chi connectivity index (χ0n) is 17.9. The van der Waals surface area contributed by atoms with Crippen molar-refractivity contribution >= 4 is 23.5 Å². The summed E-state index contributed by atoms with van der Waals surface area (Å²) in [6, 6.07) is 16.7. The molecule has 0 aromatic heterocycles. The minimum absolute atomic E-state index is 0.195. The molecule has 0 bridgehead atoms. The fourth-order valence-electron chi connectivity index (χ4n) is 2.90. The molecule has 7 nitrogen and oxygen atoms in total. The van der Waals surface area contributed by atoms with Gasteiger partial charge in [0.15, 0.2) is 0 Å². The zero-order chi connectivity index (χ0) is 22.3. The number of amides is 2. The second kappa shape index (κ2) is 13.9. The van der Waals surface area contributed by atoms with E-state index in [0.717, 1.165) is 12.8 Å². The molecule has 2 rings (SSSR count). The second-order valence-electron chi connectivity index (χ2n) is 7.04. The van der Waals surface area contributed by atoms with E-state index < -0.39 is 0 Å². The van der Waals surface area contributed by atoms with E-state index in [-0.39, 0.29) is 30.6 Å². The van der Waals surface area contributed by atoms with Crippen molar-refractivity contribution in [3.63, 3.8) is 0 Å². The number of carbonyl (C=O) groups excluding carboxylic acids is 3. The number of esters is 1. The Morgan fingerprint density at radius 3 is 2.48 bits per heavy atom. The first kappa shape index (κ1) is 24.1. The van der Waals surface area contributed by atoms with Crippen molar-refractivity contribution in [2.24, 2.45) is 0 Å². The quantitative estimate of drug-likeness (QED) is 0.378. The van der Waals surface area contributed by atoms with Gasteiger partial charge in [-0.1, -0.05) is 36.4 Å². The molecule has 0 unspecified atom stereocenters. The van der Waals surface area contributed by atoms with Gasteiger partial charge in [-0.25, -0.2) is 0 Å². The first-order chi connectivity index (χ1) is 15.1. The number of ether oxygens (including phenoxy) is 2. The van der Waals surface area contributed by atoms with E-state index in [0.29, 0.717) is 37.4 Å². The molecule has 0 heterocycles. The molecule has 0 saturated heterocycles. The Bertz CT molecular complexity index is 839. The molecule has 0 aliphatic carbocycles. The lowest BCUT2D eigenvalue weighted by Gasteiger charge is -2.08. The van der Waals surface area contributed by atoms with Crippen molar-refractivity contribution in [1.82, 2.24) is 5.32 Å². The summed E-state index contributed by atoms with van der Waals surface area (Å²) >= 11 is 0. The van der Waals surface area contributed by atoms with Crippen LogP contribution in [0.3, 0.4) is 0 Å². The van der Waals surface area contributed by atoms with E-state index in [9.17, 15) is 14.4 Å². The largest absolute Gasteiger partial charge is 0.466 e. The van der Waals surface area contributed by atoms with Gasteiger partial charge in [0, 0.05) is 37.7 Å². The predicted octanol–water partition coefficient (Wildman–Crippen LogP) is 3.35. The summed E-state index contributed by atoms with van der Waals surface area (Å²) in [6.07, 6.45) is 2.43. The van der Waals surface area contributed by atoms with Crippen LogP contribution in [0.2, 0.25) is 0 Å². The maximum absolute atomic E-state index is 12.1. The Labute approximate surface area is 183 Å². The highest BCUT2D eigenvalue weighted by molar-refractivity contribution is 5.97. The van der Waals surface area contributed by atoms with Gasteiger partial charge in [-0.05, 0) is 43.0 Å². The molecule has 0 aliphatic rings. The molecule has 2 amide bonds. The van der Waals surface area contributed by atoms with Crippen LogP contribution in [0.5, 0.6) is 0 Å². The summed E-state index contributed by atoms with van der Waals surface area (Å²) in [5.41, 5.74) is 2.20. The summed E-state index contributed by atoms with van der Waals surface area (Å²) in [5, 5.41) is 5.48. The number of carbonyl (C=O) groups is 3. The van der Waals surface area contributed by atoms with Crippen molar-refractivity contribution in [2.75, 3.05) is 32.2 Å². The summed E-state index contributed by atoms with van der Waals surface area (Å²) in [5.74, 6) is -0.743. The van der Waals surface area contributed by atoms with Gasteiger partial charge in [0.2, 0.25) is 5.91 Å². The van der Waals surface area contributed by atoms with Gasteiger partial charge in [0.25, 0.3) is 5.91 Å². The van der Waals surface area contributed by atoms with Crippen LogP contribution in [0.1, 0.15) is 41.6 Å². The maximum Gasteiger partial charge on any atom is 0.305 e. The highest BCUT2D eigenvalue weighted by Gasteiger charge is 2.09. The summed E-state index contributed by atoms with van der Waals surface area (Å²) in [4.78, 5) is 36.0. The third-order valence-electron chi connectivity index (χ3n) is 4.50. The smallest absolute Gasteiger partial charge is 0.305 e. The van der Waals surface area contributed by atoms with Crippen LogP contribution in [0.4, 0.5) is 5.69 Å². The maximum atomic E-state index is 12.1. The predicted molar refractivity (Wildman–Crippen MR) is 119 cm³/mol. The van der Waals surface area contributed by atoms with Crippen molar-refractivity contribution in [3.05, 3.63) is 65.7 Å². The van der Waals surface area contributed by atoms with Gasteiger partial charge < -0.3 is 20.1 Å². The number of aryl methyl sites for hydroxylation is 1. The Kier molecular flexibility index (Phi) is 10.8. The van der Waals surface area contributed by atoms with Gasteiger partial charge in [-0.3, -0.25) is 14.4 Å². The van der Waals surface area contributed by atoms with Gasteiger partial charge in [-0.15, -0.1) is 0 Å². The highest BCUT2D eigenvalue weighted by atomic mass is 16.5. The first-order valence-electron chi connectivity index (χ1n) is 10.4. The molecule has 0 spiro atoms. The fourth-order valence-corrected chi connectivity index (χ4v) is 2.90. The summed E-state index contributed by atoms with van der Waals surface area (Å²) in [6.45, 7) is 1.21. The standard InChI is InChI=1S/C24H30N2O5/c1-30-17-15-25-24(29)20-11-5-12-21(18-20)26-22(27)13-6-14-23(28)31-16-7-10-19-8-3-2-4-9-19/h2-5,8-9,11-12,18H,6-7,10,13-17H2,1H3,(H,25,29)(H,26,27). The van der Waals surface area contributed by atoms with E-state index in [4.69, 9.17) is 9.47 Å². The number of benzene rings is 2. The summed E-state index contributed by atoms with van der Waals surface area (Å²) < 4.78 is 10.1. The molecule has 2 aromatic rings. The van der Waals surface area contributed by atoms with Crippen molar-refractivity contribution < 1.29 is 23.9 Å². The van der Waals surface area contributed by atoms with Gasteiger partial charge in [0.05, 0.1) is 13.2 Å². The average molecular weight is 427 g/mol. The van der Waals surface area contributed by atoms with E-state index in [2.05, 4.69) is 10.6 Å². The molecule has 2 aromatic carbocycles. The molecular formula is C24H30N2O5. The minimum Gasteiger partial charge on any atom is -0.466 e. The molecule has 2 N–H and O–H groups in total. The van der Waals surface area contributed by atoms with Crippen LogP contribution in [-0.4, -0.2) is 44.7 Å². The SMILES string of the molecule is COCCNC(=O)c1cccc(NC(=O)CCCC(=O)OCCCc2ccccc2)c1. The third-order valence-corrected chi connectivity index (χ3v) is 4.50. The van der Waals surface area contributed by atoms with E-state index in [1.807, 2.05) is 30.3 Å². The molecule has 166 valence electrons. The summed E-state index contributed by atoms with van der Waals surface area (Å²) in [7, 11) is 1.56. The normalized spacial score (nSPS) is 10.4. The number of hydrogen-bond acceptors (Lipinski definition) is 5. The highest BCUT2D eigenvalue weighted by Crippen LogP contribution is 2.12. The number of hydrogen-bond donors (Lipinski definition) is 2. The average Bonchev–Trinajstić information content (AvgIpc) is 2.78. The van der Waals surface area contributed by atoms with Crippen LogP contribution in [-0.2, 0) is 25.5 Å². The molecule has 0 radical (unpaired) electrons. The second-order valence-corrected chi connectivity index (χ2v) is 7.04. The van der Waals surface area contributed by atoms with E-state index in [1.54, 1.807) is 31.4 Å². The molecule has 0 aliphatic heterocycles. The van der Waals surface area contributed by atoms with Crippen LogP contribution in [0, 0.1) is 0 Å². The van der Waals surface area contributed by atoms with Crippen LogP contribution in [0.15, 0.2) is 54.6 Å². The van der Waals surface area contributed by atoms with Crippen LogP contribution >= 0.6 is 0 Å². The molecule has 0 atom stereocenters. The number of rotatable bonds is 13. The van der Waals surface area contributed by atoms with Gasteiger partial charge in [0.1, 0.15) is 0 Å². The van der Waals surface area contributed by atoms with Crippen LogP contribution < -0.4 is 10.6 Å².